The van der Waals surface area contributed by atoms with E-state index in [4.69, 9.17) is 18.9 Å². The minimum Gasteiger partial charge on any atom is -0.507 e. The summed E-state index contributed by atoms with van der Waals surface area (Å²) >= 11 is 0. The molecule has 326 valence electrons. The maximum atomic E-state index is 14.4. The molecular formula is C45H53N3O13. The van der Waals surface area contributed by atoms with Gasteiger partial charge in [-0.25, -0.2) is 5.43 Å². The summed E-state index contributed by atoms with van der Waals surface area (Å²) in [6.45, 7) is 12.3. The molecule has 3 aromatic rings. The van der Waals surface area contributed by atoms with Crippen LogP contribution < -0.4 is 15.5 Å². The zero-order valence-corrected chi connectivity index (χ0v) is 35.4. The van der Waals surface area contributed by atoms with Crippen LogP contribution in [0.15, 0.2) is 71.6 Å². The standard InChI is InChI=1S/C45H53N3O13/c1-21-14-13-15-22(2)43(56)47-34-29(20-46-48-44(57)28-16-11-10-12-17-28)38(53)31-32(39(34)54)37(52)26(6)41-33(31)42(55)45(8,61-41)59-19-18-30(58-9)23(3)40(60-27(7)49)25(5)36(51)24(4)35(21)50/h10-21,23-25,30,35-36,40,50-54H,1-9H3,(H,47,56)(H,48,57)/b14-13+,19-18+,22-15-,46-20-/t21-,23+,24+,25+,30-,35-,36+,40+,45-/m0/s1. The van der Waals surface area contributed by atoms with E-state index in [0.717, 1.165) is 12.5 Å². The molecule has 5 bridgehead atoms. The Morgan fingerprint density at radius 2 is 1.59 bits per heavy atom. The fourth-order valence-electron chi connectivity index (χ4n) is 7.68. The smallest absolute Gasteiger partial charge is 0.312 e. The number of benzene rings is 3. The van der Waals surface area contributed by atoms with Gasteiger partial charge in [-0.3, -0.25) is 19.2 Å². The molecule has 16 heteroatoms. The van der Waals surface area contributed by atoms with Crippen LogP contribution in [0.2, 0.25) is 0 Å². The van der Waals surface area contributed by atoms with Crippen molar-refractivity contribution in [1.82, 2.24) is 5.43 Å². The van der Waals surface area contributed by atoms with Gasteiger partial charge in [0.25, 0.3) is 17.6 Å². The van der Waals surface area contributed by atoms with E-state index < -0.39 is 106 Å². The van der Waals surface area contributed by atoms with Crippen LogP contribution in [0.4, 0.5) is 5.69 Å². The molecule has 3 heterocycles. The number of aliphatic hydroxyl groups is 2. The summed E-state index contributed by atoms with van der Waals surface area (Å²) in [5.74, 6) is -9.77. The summed E-state index contributed by atoms with van der Waals surface area (Å²) in [6, 6.07) is 8.11. The summed E-state index contributed by atoms with van der Waals surface area (Å²) < 4.78 is 23.5. The number of hydrazone groups is 1. The molecule has 0 spiro atoms. The van der Waals surface area contributed by atoms with Gasteiger partial charge in [0.15, 0.2) is 5.75 Å². The second kappa shape index (κ2) is 18.6. The van der Waals surface area contributed by atoms with E-state index >= 15 is 0 Å². The van der Waals surface area contributed by atoms with Crippen molar-refractivity contribution in [1.29, 1.82) is 0 Å². The lowest BCUT2D eigenvalue weighted by atomic mass is 9.78. The number of esters is 1. The molecule has 9 atom stereocenters. The fourth-order valence-corrected chi connectivity index (χ4v) is 7.68. The number of hydrogen-bond acceptors (Lipinski definition) is 14. The van der Waals surface area contributed by atoms with Crippen molar-refractivity contribution in [3.05, 3.63) is 88.7 Å². The molecule has 0 radical (unpaired) electrons. The van der Waals surface area contributed by atoms with Gasteiger partial charge in [-0.15, -0.1) is 0 Å². The van der Waals surface area contributed by atoms with E-state index in [1.54, 1.807) is 64.1 Å². The van der Waals surface area contributed by atoms with Crippen molar-refractivity contribution in [2.75, 3.05) is 12.4 Å². The summed E-state index contributed by atoms with van der Waals surface area (Å²) in [6.07, 6.45) is 4.18. The summed E-state index contributed by atoms with van der Waals surface area (Å²) in [5, 5.41) is 64.0. The average molecular weight is 844 g/mol. The van der Waals surface area contributed by atoms with Gasteiger partial charge in [0.2, 0.25) is 0 Å². The predicted molar refractivity (Wildman–Crippen MR) is 225 cm³/mol. The lowest BCUT2D eigenvalue weighted by Gasteiger charge is -2.38. The molecule has 3 aliphatic heterocycles. The molecule has 0 unspecified atom stereocenters. The van der Waals surface area contributed by atoms with Crippen LogP contribution >= 0.6 is 0 Å². The van der Waals surface area contributed by atoms with E-state index in [-0.39, 0.29) is 39.0 Å². The summed E-state index contributed by atoms with van der Waals surface area (Å²) in [5.41, 5.74) is 1.63. The van der Waals surface area contributed by atoms with Crippen LogP contribution in [0.3, 0.4) is 0 Å². The molecule has 2 amide bonds. The van der Waals surface area contributed by atoms with Crippen molar-refractivity contribution in [2.45, 2.75) is 85.6 Å². The van der Waals surface area contributed by atoms with E-state index in [2.05, 4.69) is 15.8 Å². The third-order valence-electron chi connectivity index (χ3n) is 11.4. The fraction of sp³-hybridized carbons (Fsp3) is 0.400. The number of nitrogens with one attached hydrogen (secondary N) is 2. The highest BCUT2D eigenvalue weighted by molar-refractivity contribution is 6.24. The van der Waals surface area contributed by atoms with Crippen molar-refractivity contribution in [3.8, 4) is 23.0 Å². The Kier molecular flexibility index (Phi) is 14.0. The van der Waals surface area contributed by atoms with Crippen LogP contribution in [-0.2, 0) is 23.8 Å². The van der Waals surface area contributed by atoms with Gasteiger partial charge in [0.1, 0.15) is 23.4 Å². The Balaban J connectivity index is 1.70. The van der Waals surface area contributed by atoms with Gasteiger partial charge in [-0.1, -0.05) is 64.1 Å². The molecule has 3 aliphatic rings. The molecule has 7 N–H and O–H groups in total. The van der Waals surface area contributed by atoms with Crippen LogP contribution in [0.25, 0.3) is 10.8 Å². The maximum absolute atomic E-state index is 14.4. The largest absolute Gasteiger partial charge is 0.507 e. The Hall–Kier alpha value is -6.23. The van der Waals surface area contributed by atoms with Gasteiger partial charge in [-0.2, -0.15) is 5.10 Å². The number of fused-ring (bicyclic) bond motifs is 14. The van der Waals surface area contributed by atoms with Gasteiger partial charge in [0.05, 0.1) is 53.0 Å². The van der Waals surface area contributed by atoms with Crippen molar-refractivity contribution < 1.29 is 63.7 Å². The third-order valence-corrected chi connectivity index (χ3v) is 11.4. The number of phenolic OH excluding ortho intramolecular Hbond substituents is 3. The molecule has 61 heavy (non-hydrogen) atoms. The van der Waals surface area contributed by atoms with Crippen molar-refractivity contribution in [3.63, 3.8) is 0 Å². The number of ether oxygens (including phenoxy) is 4. The Morgan fingerprint density at radius 1 is 0.918 bits per heavy atom. The highest BCUT2D eigenvalue weighted by Gasteiger charge is 2.50. The first-order valence-electron chi connectivity index (χ1n) is 19.7. The number of rotatable bonds is 5. The maximum Gasteiger partial charge on any atom is 0.312 e. The summed E-state index contributed by atoms with van der Waals surface area (Å²) in [4.78, 5) is 53.3. The molecule has 0 aliphatic carbocycles. The number of methoxy groups -OCH3 is 1. The molecule has 3 aromatic carbocycles. The number of anilines is 1. The minimum atomic E-state index is -2.11. The molecule has 0 saturated heterocycles. The Labute approximate surface area is 353 Å². The average Bonchev–Trinajstić information content (AvgIpc) is 3.50. The second-order valence-electron chi connectivity index (χ2n) is 15.7. The normalized spacial score (nSPS) is 29.3. The first-order valence-corrected chi connectivity index (χ1v) is 19.7. The van der Waals surface area contributed by atoms with Crippen LogP contribution in [0, 0.1) is 30.6 Å². The zero-order valence-electron chi connectivity index (χ0n) is 35.4. The highest BCUT2D eigenvalue weighted by atomic mass is 16.7. The SMILES string of the molecule is CO[C@H]1/C=C/O[C@@]2(C)Oc3c(C)c(O)c4c(O)c(c(/C=N\NC(=O)c5ccccc5)c(O)c4c3C2=O)NC(=O)/C(C)=C\C=C\[C@H](C)[C@H](O)[C@@H](C)[C@@H](O)[C@@H](C)[C@H](OC(C)=O)[C@@H]1C. The zero-order chi connectivity index (χ0) is 45.1. The van der Waals surface area contributed by atoms with Crippen LogP contribution in [0.5, 0.6) is 23.0 Å². The number of nitrogens with zero attached hydrogens (tertiary/aromatic N) is 1. The van der Waals surface area contributed by atoms with Crippen LogP contribution in [-0.4, -0.2) is 92.6 Å². The molecule has 0 fully saturated rings. The Morgan fingerprint density at radius 3 is 2.23 bits per heavy atom. The number of ketones is 1. The van der Waals surface area contributed by atoms with Gasteiger partial charge in [0, 0.05) is 66.7 Å². The van der Waals surface area contributed by atoms with E-state index in [1.165, 1.54) is 53.0 Å². The van der Waals surface area contributed by atoms with E-state index in [0.29, 0.717) is 0 Å². The number of phenols is 3. The van der Waals surface area contributed by atoms with Gasteiger partial charge in [-0.05, 0) is 32.1 Å². The van der Waals surface area contributed by atoms with Gasteiger partial charge >= 0.3 is 11.8 Å². The molecule has 0 aromatic heterocycles. The minimum absolute atomic E-state index is 0.00639. The second-order valence-corrected chi connectivity index (χ2v) is 15.7. The molecular weight excluding hydrogens is 791 g/mol. The molecule has 0 saturated carbocycles. The number of hydrogen-bond donors (Lipinski definition) is 7. The van der Waals surface area contributed by atoms with Crippen molar-refractivity contribution >= 4 is 46.2 Å². The van der Waals surface area contributed by atoms with Gasteiger partial charge < -0.3 is 49.8 Å². The first-order chi connectivity index (χ1) is 28.7. The number of Topliss-reactive ketones (excluding diaryl/α,β-unsaturated/α-hetero) is 1. The molecule has 16 nitrogen and oxygen atoms in total. The number of allylic oxidation sites excluding steroid dienone is 2. The first kappa shape index (κ1) is 45.8. The number of carbonyl (C=O) groups excluding carboxylic acids is 4. The predicted octanol–water partition coefficient (Wildman–Crippen LogP) is 5.52. The lowest BCUT2D eigenvalue weighted by Crippen LogP contribution is -2.46. The van der Waals surface area contributed by atoms with Crippen molar-refractivity contribution in [2.24, 2.45) is 28.8 Å². The van der Waals surface area contributed by atoms with Crippen LogP contribution in [0.1, 0.15) is 80.3 Å². The van der Waals surface area contributed by atoms with E-state index in [1.807, 2.05) is 0 Å². The summed E-state index contributed by atoms with van der Waals surface area (Å²) in [7, 11) is 1.41. The van der Waals surface area contributed by atoms with E-state index in [9.17, 15) is 44.7 Å². The monoisotopic (exact) mass is 843 g/mol. The quantitative estimate of drug-likeness (QED) is 0.0551. The number of aliphatic hydroxyl groups excluding tert-OH is 2. The molecule has 6 rings (SSSR count). The number of amides is 2. The topological polar surface area (TPSA) is 243 Å². The lowest BCUT2D eigenvalue weighted by molar-refractivity contribution is -0.160. The number of aromatic hydroxyl groups is 3. The Bertz CT molecular complexity index is 2320. The highest BCUT2D eigenvalue weighted by Crippen LogP contribution is 2.55. The third kappa shape index (κ3) is 9.11. The number of carbonyl (C=O) groups is 4.